The lowest BCUT2D eigenvalue weighted by atomic mass is 9.88. The van der Waals surface area contributed by atoms with E-state index in [1.807, 2.05) is 13.8 Å². The molecular formula is C34H52N2O9. The Balaban J connectivity index is 1.42. The number of nitrogens with one attached hydrogen (secondary N) is 2. The Kier molecular flexibility index (Phi) is 14.3. The summed E-state index contributed by atoms with van der Waals surface area (Å²) in [5.74, 6) is -1.24. The molecule has 3 N–H and O–H groups in total. The topological polar surface area (TPSA) is 153 Å². The van der Waals surface area contributed by atoms with Gasteiger partial charge in [0.25, 0.3) is 0 Å². The number of carbonyl (C=O) groups is 4. The van der Waals surface area contributed by atoms with E-state index in [0.29, 0.717) is 26.0 Å². The van der Waals surface area contributed by atoms with Crippen molar-refractivity contribution < 1.29 is 43.2 Å². The number of hydrogen-bond donors (Lipinski definition) is 3. The zero-order chi connectivity index (χ0) is 33.0. The highest BCUT2D eigenvalue weighted by atomic mass is 16.6. The van der Waals surface area contributed by atoms with Crippen LogP contribution in [0, 0.1) is 5.92 Å². The normalized spacial score (nSPS) is 30.7. The van der Waals surface area contributed by atoms with Crippen LogP contribution in [0.1, 0.15) is 92.4 Å². The summed E-state index contributed by atoms with van der Waals surface area (Å²) in [6, 6.07) is -0.110. The monoisotopic (exact) mass is 632 g/mol. The van der Waals surface area contributed by atoms with Crippen molar-refractivity contribution in [1.29, 1.82) is 0 Å². The maximum absolute atomic E-state index is 12.5. The summed E-state index contributed by atoms with van der Waals surface area (Å²) in [5, 5.41) is 14.7. The maximum atomic E-state index is 12.5. The molecule has 3 aliphatic heterocycles. The highest BCUT2D eigenvalue weighted by Crippen LogP contribution is 2.43. The van der Waals surface area contributed by atoms with Crippen LogP contribution in [-0.2, 0) is 38.1 Å². The number of unbranched alkanes of at least 4 members (excludes halogenated alkanes) is 2. The van der Waals surface area contributed by atoms with Crippen LogP contribution in [-0.4, -0.2) is 84.2 Å². The molecule has 3 rings (SSSR count). The molecule has 0 bridgehead atoms. The molecule has 0 aromatic rings. The maximum Gasteiger partial charge on any atom is 0.303 e. The molecule has 0 aliphatic carbocycles. The predicted octanol–water partition coefficient (Wildman–Crippen LogP) is 4.15. The Labute approximate surface area is 267 Å². The van der Waals surface area contributed by atoms with Crippen molar-refractivity contribution in [1.82, 2.24) is 10.6 Å². The van der Waals surface area contributed by atoms with E-state index in [1.54, 1.807) is 13.0 Å². The Morgan fingerprint density at radius 1 is 1.07 bits per heavy atom. The zero-order valence-corrected chi connectivity index (χ0v) is 27.4. The standard InChI is InChI=1S/C34H52N2O9/c1-22(11-14-30-23(2)17-29(25(4)44-30)36-31(38)15-12-24(3)43-26(5)37)10-13-27-19-34(21-42-34)20-28(45-27)18-32(39)35-16-8-6-7-9-33(40)41/h10-13,15,23-25,27-30H,6-9,14,16-21H2,1-5H3,(H,35,39)(H,36,38)(H,40,41)/b13-10+,15-12-,22-11+/t23-,24?,25+,27+,28+,29+,30-,34+/m0/s1. The van der Waals surface area contributed by atoms with Crippen LogP contribution >= 0.6 is 0 Å². The number of aliphatic carboxylic acids is 1. The van der Waals surface area contributed by atoms with Crippen molar-refractivity contribution in [2.75, 3.05) is 13.2 Å². The Morgan fingerprint density at radius 2 is 1.82 bits per heavy atom. The van der Waals surface area contributed by atoms with Gasteiger partial charge in [-0.2, -0.15) is 0 Å². The van der Waals surface area contributed by atoms with Gasteiger partial charge in [0.15, 0.2) is 0 Å². The molecular weight excluding hydrogens is 580 g/mol. The summed E-state index contributed by atoms with van der Waals surface area (Å²) >= 11 is 0. The molecule has 2 amide bonds. The largest absolute Gasteiger partial charge is 0.481 e. The van der Waals surface area contributed by atoms with Crippen molar-refractivity contribution in [3.63, 3.8) is 0 Å². The number of allylic oxidation sites excluding steroid dienone is 2. The molecule has 3 saturated heterocycles. The number of carboxylic acids is 1. The van der Waals surface area contributed by atoms with Gasteiger partial charge in [-0.05, 0) is 58.4 Å². The van der Waals surface area contributed by atoms with Gasteiger partial charge >= 0.3 is 11.9 Å². The van der Waals surface area contributed by atoms with Crippen LogP contribution < -0.4 is 10.6 Å². The average molecular weight is 633 g/mol. The molecule has 1 spiro atoms. The van der Waals surface area contributed by atoms with E-state index in [0.717, 1.165) is 37.7 Å². The second-order valence-electron chi connectivity index (χ2n) is 12.9. The van der Waals surface area contributed by atoms with Crippen LogP contribution in [0.5, 0.6) is 0 Å². The van der Waals surface area contributed by atoms with Crippen LogP contribution in [0.15, 0.2) is 36.0 Å². The van der Waals surface area contributed by atoms with Crippen LogP contribution in [0.3, 0.4) is 0 Å². The fraction of sp³-hybridized carbons (Fsp3) is 0.706. The van der Waals surface area contributed by atoms with Crippen LogP contribution in [0.2, 0.25) is 0 Å². The molecule has 8 atom stereocenters. The van der Waals surface area contributed by atoms with E-state index >= 15 is 0 Å². The molecule has 45 heavy (non-hydrogen) atoms. The number of esters is 1. The quantitative estimate of drug-likeness (QED) is 0.0749. The molecule has 3 aliphatic rings. The van der Waals surface area contributed by atoms with Crippen molar-refractivity contribution >= 4 is 23.8 Å². The van der Waals surface area contributed by atoms with Crippen LogP contribution in [0.4, 0.5) is 0 Å². The van der Waals surface area contributed by atoms with Crippen molar-refractivity contribution in [2.45, 2.75) is 135 Å². The van der Waals surface area contributed by atoms with Gasteiger partial charge in [-0.25, -0.2) is 0 Å². The lowest BCUT2D eigenvalue weighted by Crippen LogP contribution is -2.50. The minimum absolute atomic E-state index is 0.0326. The molecule has 11 nitrogen and oxygen atoms in total. The number of amides is 2. The Morgan fingerprint density at radius 3 is 2.51 bits per heavy atom. The summed E-state index contributed by atoms with van der Waals surface area (Å²) in [4.78, 5) is 46.5. The molecule has 0 aromatic heterocycles. The minimum atomic E-state index is -0.793. The first-order chi connectivity index (χ1) is 21.3. The third kappa shape index (κ3) is 13.5. The SMILES string of the molecule is CC(=O)OC(C)/C=C\C(=O)N[C@@H]1C[C@H](C)[C@H](C/C=C(C)/C=C/[C@@H]2C[C@]3(CO3)C[C@@H](CC(=O)NCCCCCC(=O)O)O2)O[C@@H]1C. The summed E-state index contributed by atoms with van der Waals surface area (Å²) in [6.45, 7) is 10.4. The fourth-order valence-electron chi connectivity index (χ4n) is 5.96. The van der Waals surface area contributed by atoms with E-state index < -0.39 is 18.0 Å². The lowest BCUT2D eigenvalue weighted by Gasteiger charge is -2.39. The summed E-state index contributed by atoms with van der Waals surface area (Å²) in [5.41, 5.74) is 0.897. The first-order valence-electron chi connectivity index (χ1n) is 16.3. The highest BCUT2D eigenvalue weighted by Gasteiger charge is 2.51. The Bertz CT molecular complexity index is 1110. The smallest absolute Gasteiger partial charge is 0.303 e. The predicted molar refractivity (Wildman–Crippen MR) is 168 cm³/mol. The molecule has 1 unspecified atom stereocenters. The highest BCUT2D eigenvalue weighted by molar-refractivity contribution is 5.87. The molecule has 3 heterocycles. The van der Waals surface area contributed by atoms with E-state index in [2.05, 4.69) is 35.8 Å². The Hall–Kier alpha value is -3.02. The number of rotatable bonds is 16. The molecule has 0 radical (unpaired) electrons. The van der Waals surface area contributed by atoms with Gasteiger partial charge in [0.1, 0.15) is 6.10 Å². The molecule has 3 fully saturated rings. The number of carbonyl (C=O) groups excluding carboxylic acids is 3. The molecule has 252 valence electrons. The van der Waals surface area contributed by atoms with E-state index in [4.69, 9.17) is 24.1 Å². The minimum Gasteiger partial charge on any atom is -0.481 e. The van der Waals surface area contributed by atoms with Crippen molar-refractivity contribution in [3.8, 4) is 0 Å². The number of epoxide rings is 1. The number of carboxylic acid groups (broad SMARTS) is 1. The van der Waals surface area contributed by atoms with Gasteiger partial charge in [-0.3, -0.25) is 19.2 Å². The summed E-state index contributed by atoms with van der Waals surface area (Å²) in [7, 11) is 0. The van der Waals surface area contributed by atoms with Gasteiger partial charge < -0.3 is 34.7 Å². The van der Waals surface area contributed by atoms with Crippen LogP contribution in [0.25, 0.3) is 0 Å². The summed E-state index contributed by atoms with van der Waals surface area (Å²) < 4.78 is 23.4. The van der Waals surface area contributed by atoms with Crippen molar-refractivity contribution in [3.05, 3.63) is 36.0 Å². The first-order valence-corrected chi connectivity index (χ1v) is 16.3. The third-order valence-corrected chi connectivity index (χ3v) is 8.56. The van der Waals surface area contributed by atoms with E-state index in [9.17, 15) is 19.2 Å². The second kappa shape index (κ2) is 17.6. The number of hydrogen-bond acceptors (Lipinski definition) is 8. The van der Waals surface area contributed by atoms with E-state index in [-0.39, 0.29) is 66.6 Å². The molecule has 0 saturated carbocycles. The van der Waals surface area contributed by atoms with Crippen molar-refractivity contribution in [2.24, 2.45) is 5.92 Å². The first kappa shape index (κ1) is 36.4. The van der Waals surface area contributed by atoms with Gasteiger partial charge in [0.05, 0.1) is 49.1 Å². The zero-order valence-electron chi connectivity index (χ0n) is 27.4. The second-order valence-corrected chi connectivity index (χ2v) is 12.9. The third-order valence-electron chi connectivity index (χ3n) is 8.56. The fourth-order valence-corrected chi connectivity index (χ4v) is 5.96. The average Bonchev–Trinajstić information content (AvgIpc) is 3.70. The summed E-state index contributed by atoms with van der Waals surface area (Å²) in [6.07, 6.45) is 13.9. The number of ether oxygens (including phenoxy) is 4. The molecule has 0 aromatic carbocycles. The lowest BCUT2D eigenvalue weighted by molar-refractivity contribution is -0.143. The van der Waals surface area contributed by atoms with Gasteiger partial charge in [0, 0.05) is 38.8 Å². The van der Waals surface area contributed by atoms with E-state index in [1.165, 1.54) is 13.0 Å². The molecule has 11 heteroatoms. The van der Waals surface area contributed by atoms with Gasteiger partial charge in [-0.15, -0.1) is 0 Å². The van der Waals surface area contributed by atoms with Gasteiger partial charge in [-0.1, -0.05) is 37.1 Å². The van der Waals surface area contributed by atoms with Gasteiger partial charge in [0.2, 0.25) is 11.8 Å².